The molecule has 250 valence electrons. The van der Waals surface area contributed by atoms with E-state index in [0.29, 0.717) is 17.6 Å². The summed E-state index contributed by atoms with van der Waals surface area (Å²) in [6, 6.07) is 58.1. The molecule has 0 atom stereocenters. The average molecular weight is 680 g/mol. The highest BCUT2D eigenvalue weighted by molar-refractivity contribution is 6.10. The summed E-state index contributed by atoms with van der Waals surface area (Å²) in [6.07, 6.45) is 0. The molecule has 0 saturated heterocycles. The van der Waals surface area contributed by atoms with Crippen molar-refractivity contribution in [3.63, 3.8) is 0 Å². The number of fused-ring (bicyclic) bond motifs is 9. The Balaban J connectivity index is 1.19. The maximum Gasteiger partial charge on any atom is 0.238 e. The Labute approximate surface area is 306 Å². The van der Waals surface area contributed by atoms with E-state index in [0.717, 1.165) is 49.7 Å². The van der Waals surface area contributed by atoms with E-state index in [1.165, 1.54) is 33.0 Å². The van der Waals surface area contributed by atoms with Gasteiger partial charge in [0.15, 0.2) is 11.6 Å². The van der Waals surface area contributed by atoms with Crippen LogP contribution in [0.25, 0.3) is 89.2 Å². The van der Waals surface area contributed by atoms with Gasteiger partial charge >= 0.3 is 0 Å². The van der Waals surface area contributed by atoms with Crippen molar-refractivity contribution in [1.82, 2.24) is 24.1 Å². The number of nitrogens with zero attached hydrogens (tertiary/aromatic N) is 5. The average Bonchev–Trinajstić information content (AvgIpc) is 3.81. The third kappa shape index (κ3) is 4.28. The number of hydrogen-bond acceptors (Lipinski definition) is 3. The highest BCUT2D eigenvalue weighted by atomic mass is 15.2. The van der Waals surface area contributed by atoms with Gasteiger partial charge in [-0.25, -0.2) is 4.98 Å². The number of benzene rings is 7. The first-order chi connectivity index (χ1) is 26.1. The fourth-order valence-electron chi connectivity index (χ4n) is 8.78. The molecule has 0 saturated carbocycles. The second-order valence-corrected chi connectivity index (χ2v) is 14.5. The molecule has 0 N–H and O–H groups in total. The Morgan fingerprint density at radius 3 is 1.55 bits per heavy atom. The molecule has 0 radical (unpaired) electrons. The Bertz CT molecular complexity index is 3000. The van der Waals surface area contributed by atoms with Crippen LogP contribution in [0.4, 0.5) is 0 Å². The van der Waals surface area contributed by atoms with Crippen LogP contribution in [0, 0.1) is 0 Å². The molecule has 0 spiro atoms. The summed E-state index contributed by atoms with van der Waals surface area (Å²) in [5.74, 6) is 1.86. The van der Waals surface area contributed by atoms with Crippen LogP contribution in [0.5, 0.6) is 0 Å². The largest absolute Gasteiger partial charge is 0.309 e. The van der Waals surface area contributed by atoms with Gasteiger partial charge in [0.2, 0.25) is 5.95 Å². The van der Waals surface area contributed by atoms with Crippen molar-refractivity contribution in [3.8, 4) is 45.5 Å². The first kappa shape index (κ1) is 29.8. The lowest BCUT2D eigenvalue weighted by Gasteiger charge is -2.21. The standard InChI is InChI=1S/C48H33N5/c1-48(2)38-23-8-3-21-36(38)44-37(22-14-24-39(44)48)46-49-45(50-47(51-46)53-42-27-11-6-19-34(42)35-20-7-12-28-43(35)53)30-15-13-16-31(29-30)52-40-25-9-4-17-32(40)33-18-5-10-26-41(33)52/h3-29H,1-2H3. The van der Waals surface area contributed by atoms with Crippen LogP contribution >= 0.6 is 0 Å². The minimum absolute atomic E-state index is 0.149. The molecular weight excluding hydrogens is 647 g/mol. The number of aromatic nitrogens is 5. The molecule has 11 rings (SSSR count). The molecule has 0 fully saturated rings. The molecule has 0 bridgehead atoms. The number of rotatable bonds is 4. The second-order valence-electron chi connectivity index (χ2n) is 14.5. The van der Waals surface area contributed by atoms with E-state index in [9.17, 15) is 0 Å². The Hall–Kier alpha value is -6.85. The highest BCUT2D eigenvalue weighted by Gasteiger charge is 2.37. The monoisotopic (exact) mass is 679 g/mol. The van der Waals surface area contributed by atoms with Gasteiger partial charge in [-0.15, -0.1) is 0 Å². The summed E-state index contributed by atoms with van der Waals surface area (Å²) in [6.45, 7) is 4.62. The van der Waals surface area contributed by atoms with Crippen molar-refractivity contribution in [2.24, 2.45) is 0 Å². The summed E-state index contributed by atoms with van der Waals surface area (Å²) < 4.78 is 4.53. The predicted octanol–water partition coefficient (Wildman–Crippen LogP) is 11.7. The van der Waals surface area contributed by atoms with E-state index in [1.807, 2.05) is 0 Å². The molecule has 0 unspecified atom stereocenters. The summed E-state index contributed by atoms with van der Waals surface area (Å²) in [5, 5.41) is 4.78. The highest BCUT2D eigenvalue weighted by Crippen LogP contribution is 2.51. The first-order valence-electron chi connectivity index (χ1n) is 18.1. The molecule has 5 nitrogen and oxygen atoms in total. The van der Waals surface area contributed by atoms with E-state index in [4.69, 9.17) is 15.0 Å². The maximum absolute atomic E-state index is 5.36. The van der Waals surface area contributed by atoms with Gasteiger partial charge in [0.25, 0.3) is 0 Å². The van der Waals surface area contributed by atoms with Gasteiger partial charge < -0.3 is 4.57 Å². The van der Waals surface area contributed by atoms with Crippen LogP contribution in [-0.2, 0) is 5.41 Å². The summed E-state index contributed by atoms with van der Waals surface area (Å²) >= 11 is 0. The minimum Gasteiger partial charge on any atom is -0.309 e. The van der Waals surface area contributed by atoms with E-state index in [-0.39, 0.29) is 5.41 Å². The molecule has 1 aliphatic rings. The third-order valence-corrected chi connectivity index (χ3v) is 11.2. The summed E-state index contributed by atoms with van der Waals surface area (Å²) in [5.41, 5.74) is 12.3. The van der Waals surface area contributed by atoms with Crippen molar-refractivity contribution in [2.45, 2.75) is 19.3 Å². The first-order valence-corrected chi connectivity index (χ1v) is 18.1. The third-order valence-electron chi connectivity index (χ3n) is 11.2. The van der Waals surface area contributed by atoms with Crippen LogP contribution in [0.2, 0.25) is 0 Å². The van der Waals surface area contributed by atoms with Crippen LogP contribution in [-0.4, -0.2) is 24.1 Å². The topological polar surface area (TPSA) is 48.5 Å². The molecule has 0 amide bonds. The maximum atomic E-state index is 5.36. The molecule has 10 aromatic rings. The number of para-hydroxylation sites is 4. The molecule has 7 aromatic carbocycles. The second kappa shape index (κ2) is 11.1. The fraction of sp³-hybridized carbons (Fsp3) is 0.0625. The molecule has 0 aliphatic heterocycles. The summed E-state index contributed by atoms with van der Waals surface area (Å²) in [4.78, 5) is 16.0. The van der Waals surface area contributed by atoms with Gasteiger partial charge in [0.1, 0.15) is 0 Å². The predicted molar refractivity (Wildman–Crippen MR) is 217 cm³/mol. The van der Waals surface area contributed by atoms with E-state index in [2.05, 4.69) is 187 Å². The lowest BCUT2D eigenvalue weighted by Crippen LogP contribution is -2.14. The fourth-order valence-corrected chi connectivity index (χ4v) is 8.78. The van der Waals surface area contributed by atoms with Gasteiger partial charge in [-0.05, 0) is 58.7 Å². The molecule has 3 heterocycles. The van der Waals surface area contributed by atoms with Crippen molar-refractivity contribution in [3.05, 3.63) is 175 Å². The van der Waals surface area contributed by atoms with E-state index in [1.54, 1.807) is 0 Å². The zero-order valence-electron chi connectivity index (χ0n) is 29.3. The normalized spacial score (nSPS) is 13.2. The van der Waals surface area contributed by atoms with E-state index >= 15 is 0 Å². The van der Waals surface area contributed by atoms with Crippen LogP contribution in [0.3, 0.4) is 0 Å². The quantitative estimate of drug-likeness (QED) is 0.186. The van der Waals surface area contributed by atoms with Gasteiger partial charge in [0, 0.05) is 43.8 Å². The Morgan fingerprint density at radius 2 is 0.906 bits per heavy atom. The Kier molecular flexibility index (Phi) is 6.23. The van der Waals surface area contributed by atoms with Crippen molar-refractivity contribution >= 4 is 43.6 Å². The van der Waals surface area contributed by atoms with Gasteiger partial charge in [-0.1, -0.05) is 141 Å². The van der Waals surface area contributed by atoms with Crippen LogP contribution in [0.15, 0.2) is 164 Å². The lowest BCUT2D eigenvalue weighted by atomic mass is 9.82. The van der Waals surface area contributed by atoms with Crippen molar-refractivity contribution < 1.29 is 0 Å². The number of hydrogen-bond donors (Lipinski definition) is 0. The molecule has 1 aliphatic carbocycles. The van der Waals surface area contributed by atoms with Crippen molar-refractivity contribution in [1.29, 1.82) is 0 Å². The zero-order valence-corrected chi connectivity index (χ0v) is 29.3. The van der Waals surface area contributed by atoms with Gasteiger partial charge in [-0.2, -0.15) is 9.97 Å². The summed E-state index contributed by atoms with van der Waals surface area (Å²) in [7, 11) is 0. The minimum atomic E-state index is -0.149. The van der Waals surface area contributed by atoms with Crippen LogP contribution in [0.1, 0.15) is 25.0 Å². The molecule has 53 heavy (non-hydrogen) atoms. The lowest BCUT2D eigenvalue weighted by molar-refractivity contribution is 0.660. The Morgan fingerprint density at radius 1 is 0.415 bits per heavy atom. The SMILES string of the molecule is CC1(C)c2ccccc2-c2c(-c3nc(-c4cccc(-n5c6ccccc6c6ccccc65)c4)nc(-n4c5ccccc5c5ccccc54)n3)cccc21. The molecule has 5 heteroatoms. The van der Waals surface area contributed by atoms with Gasteiger partial charge in [-0.3, -0.25) is 4.57 Å². The van der Waals surface area contributed by atoms with E-state index < -0.39 is 0 Å². The molecule has 3 aromatic heterocycles. The zero-order chi connectivity index (χ0) is 35.3. The van der Waals surface area contributed by atoms with Gasteiger partial charge in [0.05, 0.1) is 22.1 Å². The smallest absolute Gasteiger partial charge is 0.238 e. The van der Waals surface area contributed by atoms with Crippen LogP contribution < -0.4 is 0 Å². The van der Waals surface area contributed by atoms with Crippen molar-refractivity contribution in [2.75, 3.05) is 0 Å². The molecular formula is C48H33N5.